The standard InChI is InChI=1S/C15H25NOS/c1-6-11(3)9-18-10-15(17)14-8-12(4)16(7-2)13(14)5/h8,11H,6-7,9-10H2,1-5H3. The molecule has 0 amide bonds. The topological polar surface area (TPSA) is 22.0 Å². The summed E-state index contributed by atoms with van der Waals surface area (Å²) >= 11 is 1.76. The van der Waals surface area contributed by atoms with Gasteiger partial charge in [0.2, 0.25) is 0 Å². The zero-order valence-electron chi connectivity index (χ0n) is 12.2. The van der Waals surface area contributed by atoms with E-state index >= 15 is 0 Å². The minimum absolute atomic E-state index is 0.274. The Bertz CT molecular complexity index is 409. The molecule has 0 aliphatic carbocycles. The molecular formula is C15H25NOS. The number of ketones is 1. The van der Waals surface area contributed by atoms with Crippen molar-refractivity contribution in [2.75, 3.05) is 11.5 Å². The average molecular weight is 267 g/mol. The summed E-state index contributed by atoms with van der Waals surface area (Å²) in [4.78, 5) is 12.2. The molecule has 1 heterocycles. The number of hydrogen-bond acceptors (Lipinski definition) is 2. The van der Waals surface area contributed by atoms with Crippen LogP contribution in [0.4, 0.5) is 0 Å². The zero-order valence-corrected chi connectivity index (χ0v) is 13.1. The Labute approximate surface area is 115 Å². The van der Waals surface area contributed by atoms with Crippen molar-refractivity contribution in [3.8, 4) is 0 Å². The number of aryl methyl sites for hydroxylation is 1. The largest absolute Gasteiger partial charge is 0.349 e. The van der Waals surface area contributed by atoms with Gasteiger partial charge >= 0.3 is 0 Å². The first-order valence-corrected chi connectivity index (χ1v) is 7.94. The number of nitrogens with zero attached hydrogens (tertiary/aromatic N) is 1. The maximum Gasteiger partial charge on any atom is 0.174 e. The van der Waals surface area contributed by atoms with Crippen molar-refractivity contribution in [3.63, 3.8) is 0 Å². The van der Waals surface area contributed by atoms with Crippen molar-refractivity contribution in [3.05, 3.63) is 23.0 Å². The second-order valence-electron chi connectivity index (χ2n) is 4.98. The highest BCUT2D eigenvalue weighted by atomic mass is 32.2. The van der Waals surface area contributed by atoms with Crippen LogP contribution < -0.4 is 0 Å². The van der Waals surface area contributed by atoms with Gasteiger partial charge in [-0.1, -0.05) is 20.3 Å². The normalized spacial score (nSPS) is 12.7. The molecule has 0 bridgehead atoms. The van der Waals surface area contributed by atoms with E-state index in [0.29, 0.717) is 11.7 Å². The van der Waals surface area contributed by atoms with Gasteiger partial charge < -0.3 is 4.57 Å². The molecule has 0 radical (unpaired) electrons. The molecule has 2 nitrogen and oxygen atoms in total. The summed E-state index contributed by atoms with van der Waals surface area (Å²) in [5.41, 5.74) is 3.21. The smallest absolute Gasteiger partial charge is 0.174 e. The Kier molecular flexibility index (Phi) is 6.00. The first-order valence-electron chi connectivity index (χ1n) is 6.78. The van der Waals surface area contributed by atoms with Crippen LogP contribution >= 0.6 is 11.8 Å². The fourth-order valence-electron chi connectivity index (χ4n) is 2.12. The Morgan fingerprint density at radius 2 is 2.06 bits per heavy atom. The fourth-order valence-corrected chi connectivity index (χ4v) is 3.22. The molecule has 0 aromatic carbocycles. The molecule has 1 unspecified atom stereocenters. The maximum absolute atomic E-state index is 12.2. The third-order valence-corrected chi connectivity index (χ3v) is 4.79. The second kappa shape index (κ2) is 7.03. The van der Waals surface area contributed by atoms with E-state index in [2.05, 4.69) is 32.3 Å². The lowest BCUT2D eigenvalue weighted by molar-refractivity contribution is 0.102. The van der Waals surface area contributed by atoms with Gasteiger partial charge in [-0.2, -0.15) is 11.8 Å². The summed E-state index contributed by atoms with van der Waals surface area (Å²) in [6.45, 7) is 11.6. The van der Waals surface area contributed by atoms with Gasteiger partial charge in [-0.25, -0.2) is 0 Å². The highest BCUT2D eigenvalue weighted by molar-refractivity contribution is 7.99. The molecular weight excluding hydrogens is 242 g/mol. The third kappa shape index (κ3) is 3.64. The second-order valence-corrected chi connectivity index (χ2v) is 6.01. The molecule has 102 valence electrons. The molecule has 1 aromatic rings. The summed E-state index contributed by atoms with van der Waals surface area (Å²) in [6.07, 6.45) is 1.19. The van der Waals surface area contributed by atoms with Gasteiger partial charge in [0.25, 0.3) is 0 Å². The molecule has 18 heavy (non-hydrogen) atoms. The maximum atomic E-state index is 12.2. The molecule has 0 saturated heterocycles. The van der Waals surface area contributed by atoms with Gasteiger partial charge in [-0.15, -0.1) is 0 Å². The van der Waals surface area contributed by atoms with Crippen LogP contribution in [0.1, 0.15) is 48.9 Å². The molecule has 1 atom stereocenters. The SMILES string of the molecule is CCC(C)CSCC(=O)c1cc(C)n(CC)c1C. The highest BCUT2D eigenvalue weighted by Crippen LogP contribution is 2.19. The molecule has 0 saturated carbocycles. The van der Waals surface area contributed by atoms with E-state index in [1.165, 1.54) is 12.1 Å². The predicted octanol–water partition coefficient (Wildman–Crippen LogP) is 4.09. The molecule has 0 aliphatic heterocycles. The summed E-state index contributed by atoms with van der Waals surface area (Å²) in [5.74, 6) is 2.66. The van der Waals surface area contributed by atoms with E-state index in [0.717, 1.165) is 23.6 Å². The van der Waals surface area contributed by atoms with Crippen LogP contribution in [0.25, 0.3) is 0 Å². The number of Topliss-reactive ketones (excluding diaryl/α,β-unsaturated/α-hetero) is 1. The van der Waals surface area contributed by atoms with Crippen molar-refractivity contribution in [1.29, 1.82) is 0 Å². The number of rotatable bonds is 7. The lowest BCUT2D eigenvalue weighted by Gasteiger charge is -2.08. The van der Waals surface area contributed by atoms with Gasteiger partial charge in [0.15, 0.2) is 5.78 Å². The molecule has 1 aromatic heterocycles. The van der Waals surface area contributed by atoms with Gasteiger partial charge in [-0.05, 0) is 38.5 Å². The summed E-state index contributed by atoms with van der Waals surface area (Å²) < 4.78 is 2.20. The van der Waals surface area contributed by atoms with Crippen LogP contribution in [-0.4, -0.2) is 21.9 Å². The van der Waals surface area contributed by atoms with Crippen molar-refractivity contribution in [1.82, 2.24) is 4.57 Å². The van der Waals surface area contributed by atoms with Crippen LogP contribution in [0.3, 0.4) is 0 Å². The molecule has 0 fully saturated rings. The van der Waals surface area contributed by atoms with E-state index in [4.69, 9.17) is 0 Å². The molecule has 3 heteroatoms. The van der Waals surface area contributed by atoms with E-state index in [1.54, 1.807) is 11.8 Å². The fraction of sp³-hybridized carbons (Fsp3) is 0.667. The van der Waals surface area contributed by atoms with Crippen molar-refractivity contribution >= 4 is 17.5 Å². The van der Waals surface area contributed by atoms with E-state index < -0.39 is 0 Å². The number of aromatic nitrogens is 1. The van der Waals surface area contributed by atoms with Gasteiger partial charge in [-0.3, -0.25) is 4.79 Å². The summed E-state index contributed by atoms with van der Waals surface area (Å²) in [5, 5.41) is 0. The van der Waals surface area contributed by atoms with Gasteiger partial charge in [0.1, 0.15) is 0 Å². The molecule has 1 rings (SSSR count). The Hall–Kier alpha value is -0.700. The van der Waals surface area contributed by atoms with Crippen LogP contribution in [-0.2, 0) is 6.54 Å². The van der Waals surface area contributed by atoms with Gasteiger partial charge in [0, 0.05) is 23.5 Å². The van der Waals surface area contributed by atoms with E-state index in [9.17, 15) is 4.79 Å². The van der Waals surface area contributed by atoms with Crippen LogP contribution in [0, 0.1) is 19.8 Å². The lowest BCUT2D eigenvalue weighted by atomic mass is 10.2. The first kappa shape index (κ1) is 15.4. The van der Waals surface area contributed by atoms with Crippen LogP contribution in [0.15, 0.2) is 6.07 Å². The minimum Gasteiger partial charge on any atom is -0.349 e. The zero-order chi connectivity index (χ0) is 13.7. The number of hydrogen-bond donors (Lipinski definition) is 0. The third-order valence-electron chi connectivity index (χ3n) is 3.52. The van der Waals surface area contributed by atoms with Crippen molar-refractivity contribution in [2.24, 2.45) is 5.92 Å². The lowest BCUT2D eigenvalue weighted by Crippen LogP contribution is -2.07. The van der Waals surface area contributed by atoms with Gasteiger partial charge in [0.05, 0.1) is 5.75 Å². The number of carbonyl (C=O) groups excluding carboxylic acids is 1. The molecule has 0 N–H and O–H groups in total. The van der Waals surface area contributed by atoms with E-state index in [-0.39, 0.29) is 5.78 Å². The minimum atomic E-state index is 0.274. The Morgan fingerprint density at radius 1 is 1.39 bits per heavy atom. The number of thioether (sulfide) groups is 1. The average Bonchev–Trinajstić information content (AvgIpc) is 2.64. The van der Waals surface area contributed by atoms with Crippen molar-refractivity contribution < 1.29 is 4.79 Å². The summed E-state index contributed by atoms with van der Waals surface area (Å²) in [6, 6.07) is 2.03. The predicted molar refractivity (Wildman–Crippen MR) is 80.7 cm³/mol. The quantitative estimate of drug-likeness (QED) is 0.694. The molecule has 0 aliphatic rings. The first-order chi connectivity index (χ1) is 8.51. The monoisotopic (exact) mass is 267 g/mol. The Morgan fingerprint density at radius 3 is 2.56 bits per heavy atom. The van der Waals surface area contributed by atoms with Crippen LogP contribution in [0.2, 0.25) is 0 Å². The Balaban J connectivity index is 2.62. The highest BCUT2D eigenvalue weighted by Gasteiger charge is 2.15. The van der Waals surface area contributed by atoms with Crippen molar-refractivity contribution in [2.45, 2.75) is 47.6 Å². The van der Waals surface area contributed by atoms with E-state index in [1.807, 2.05) is 13.0 Å². The van der Waals surface area contributed by atoms with Crippen LogP contribution in [0.5, 0.6) is 0 Å². The molecule has 0 spiro atoms. The summed E-state index contributed by atoms with van der Waals surface area (Å²) in [7, 11) is 0. The number of carbonyl (C=O) groups is 1.